The summed E-state index contributed by atoms with van der Waals surface area (Å²) in [5.74, 6) is -1.12. The molecule has 2 aromatic rings. The van der Waals surface area contributed by atoms with Crippen LogP contribution in [-0.2, 0) is 19.6 Å². The van der Waals surface area contributed by atoms with Crippen LogP contribution in [0.3, 0.4) is 0 Å². The molecule has 0 heterocycles. The smallest absolute Gasteiger partial charge is 0.339 e. The predicted octanol–water partition coefficient (Wildman–Crippen LogP) is 2.74. The van der Waals surface area contributed by atoms with Gasteiger partial charge in [0.05, 0.1) is 10.5 Å². The summed E-state index contributed by atoms with van der Waals surface area (Å²) >= 11 is 0. The van der Waals surface area contributed by atoms with E-state index in [9.17, 15) is 18.0 Å². The maximum absolute atomic E-state index is 12.7. The van der Waals surface area contributed by atoms with E-state index in [4.69, 9.17) is 4.74 Å². The molecule has 2 aromatic carbocycles. The molecule has 0 radical (unpaired) electrons. The minimum Gasteiger partial charge on any atom is -0.449 e. The average Bonchev–Trinajstić information content (AvgIpc) is 2.60. The van der Waals surface area contributed by atoms with Crippen LogP contribution in [0, 0.1) is 13.8 Å². The second kappa shape index (κ2) is 8.43. The number of amides is 1. The van der Waals surface area contributed by atoms with Gasteiger partial charge in [-0.2, -0.15) is 0 Å². The molecule has 0 aliphatic carbocycles. The number of nitrogens with one attached hydrogen (secondary N) is 1. The molecule has 1 N–H and O–H groups in total. The normalized spacial score (nSPS) is 12.2. The average molecular weight is 404 g/mol. The minimum absolute atomic E-state index is 0.0712. The van der Waals surface area contributed by atoms with Crippen molar-refractivity contribution in [2.45, 2.75) is 31.8 Å². The van der Waals surface area contributed by atoms with Crippen molar-refractivity contribution >= 4 is 27.6 Å². The second-order valence-corrected chi connectivity index (χ2v) is 8.41. The van der Waals surface area contributed by atoms with Gasteiger partial charge in [-0.15, -0.1) is 0 Å². The highest BCUT2D eigenvalue weighted by Crippen LogP contribution is 2.21. The van der Waals surface area contributed by atoms with Crippen molar-refractivity contribution in [3.05, 3.63) is 59.2 Å². The van der Waals surface area contributed by atoms with Gasteiger partial charge in [0.2, 0.25) is 0 Å². The molecule has 0 saturated carbocycles. The van der Waals surface area contributed by atoms with Gasteiger partial charge in [0, 0.05) is 19.8 Å². The molecule has 0 aliphatic rings. The van der Waals surface area contributed by atoms with E-state index >= 15 is 0 Å². The third-order valence-corrected chi connectivity index (χ3v) is 5.46. The van der Waals surface area contributed by atoms with Gasteiger partial charge in [0.15, 0.2) is 6.10 Å². The molecule has 1 atom stereocenters. The van der Waals surface area contributed by atoms with Crippen LogP contribution in [0.15, 0.2) is 47.4 Å². The first-order valence-corrected chi connectivity index (χ1v) is 10.1. The quantitative estimate of drug-likeness (QED) is 0.748. The molecule has 28 heavy (non-hydrogen) atoms. The fourth-order valence-corrected chi connectivity index (χ4v) is 3.62. The Balaban J connectivity index is 2.29. The lowest BCUT2D eigenvalue weighted by Gasteiger charge is -2.18. The molecular formula is C20H24N2O5S. The van der Waals surface area contributed by atoms with Gasteiger partial charge in [0.25, 0.3) is 15.9 Å². The topological polar surface area (TPSA) is 92.8 Å². The van der Waals surface area contributed by atoms with E-state index in [0.29, 0.717) is 11.3 Å². The zero-order valence-corrected chi connectivity index (χ0v) is 17.3. The van der Waals surface area contributed by atoms with Crippen molar-refractivity contribution in [3.8, 4) is 0 Å². The molecule has 0 saturated heterocycles. The first-order valence-electron chi connectivity index (χ1n) is 8.63. The van der Waals surface area contributed by atoms with Gasteiger partial charge in [-0.1, -0.05) is 18.2 Å². The lowest BCUT2D eigenvalue weighted by molar-refractivity contribution is -0.137. The summed E-state index contributed by atoms with van der Waals surface area (Å²) in [6.45, 7) is 4.99. The van der Waals surface area contributed by atoms with Crippen LogP contribution in [0.4, 0.5) is 5.69 Å². The van der Waals surface area contributed by atoms with E-state index in [1.54, 1.807) is 39.2 Å². The molecule has 8 heteroatoms. The van der Waals surface area contributed by atoms with Gasteiger partial charge in [-0.3, -0.25) is 9.52 Å². The predicted molar refractivity (Wildman–Crippen MR) is 107 cm³/mol. The number of esters is 1. The van der Waals surface area contributed by atoms with Crippen molar-refractivity contribution < 1.29 is 22.7 Å². The molecule has 1 amide bonds. The Morgan fingerprint density at radius 3 is 2.36 bits per heavy atom. The maximum atomic E-state index is 12.7. The van der Waals surface area contributed by atoms with Gasteiger partial charge < -0.3 is 9.64 Å². The Morgan fingerprint density at radius 2 is 1.75 bits per heavy atom. The number of likely N-dealkylation sites (N-methyl/N-ethyl adjacent to an activating group) is 1. The number of carbonyl (C=O) groups excluding carboxylic acids is 2. The van der Waals surface area contributed by atoms with E-state index in [1.165, 1.54) is 30.0 Å². The van der Waals surface area contributed by atoms with Crippen LogP contribution in [0.1, 0.15) is 28.4 Å². The molecule has 0 spiro atoms. The largest absolute Gasteiger partial charge is 0.449 e. The Bertz CT molecular complexity index is 999. The maximum Gasteiger partial charge on any atom is 0.339 e. The van der Waals surface area contributed by atoms with E-state index in [2.05, 4.69) is 4.72 Å². The minimum atomic E-state index is -3.89. The molecule has 0 aliphatic heterocycles. The summed E-state index contributed by atoms with van der Waals surface area (Å²) in [6.07, 6.45) is -0.979. The van der Waals surface area contributed by atoms with Crippen LogP contribution in [0.2, 0.25) is 0 Å². The number of ether oxygens (including phenoxy) is 1. The SMILES string of the molecule is Cc1cccc(NS(=O)(=O)c2ccc(C)c(C(=O)O[C@H](C)C(=O)N(C)C)c2)c1. The van der Waals surface area contributed by atoms with E-state index in [1.807, 2.05) is 13.0 Å². The van der Waals surface area contributed by atoms with Gasteiger partial charge in [0.1, 0.15) is 0 Å². The van der Waals surface area contributed by atoms with Crippen molar-refractivity contribution in [1.82, 2.24) is 4.90 Å². The van der Waals surface area contributed by atoms with Gasteiger partial charge in [-0.05, 0) is 56.2 Å². The molecule has 0 bridgehead atoms. The fraction of sp³-hybridized carbons (Fsp3) is 0.300. The number of anilines is 1. The molecule has 7 nitrogen and oxygen atoms in total. The first kappa shape index (κ1) is 21.4. The van der Waals surface area contributed by atoms with Crippen molar-refractivity contribution in [2.75, 3.05) is 18.8 Å². The highest BCUT2D eigenvalue weighted by Gasteiger charge is 2.23. The number of benzene rings is 2. The molecule has 0 fully saturated rings. The van der Waals surface area contributed by atoms with E-state index in [0.717, 1.165) is 5.56 Å². The fourth-order valence-electron chi connectivity index (χ4n) is 2.55. The number of sulfonamides is 1. The zero-order valence-electron chi connectivity index (χ0n) is 16.5. The highest BCUT2D eigenvalue weighted by atomic mass is 32.2. The first-order chi connectivity index (χ1) is 13.0. The molecule has 0 aromatic heterocycles. The molecule has 0 unspecified atom stereocenters. The Kier molecular flexibility index (Phi) is 6.45. The van der Waals surface area contributed by atoms with E-state index < -0.39 is 22.1 Å². The third-order valence-electron chi connectivity index (χ3n) is 4.08. The van der Waals surface area contributed by atoms with Crippen LogP contribution < -0.4 is 4.72 Å². The standard InChI is InChI=1S/C20H24N2O5S/c1-13-7-6-8-16(11-13)21-28(25,26)17-10-9-14(2)18(12-17)20(24)27-15(3)19(23)22(4)5/h6-12,15,21H,1-5H3/t15-/m1/s1. The monoisotopic (exact) mass is 404 g/mol. The Hall–Kier alpha value is -2.87. The second-order valence-electron chi connectivity index (χ2n) is 6.73. The third kappa shape index (κ3) is 5.10. The van der Waals surface area contributed by atoms with E-state index in [-0.39, 0.29) is 16.4 Å². The zero-order chi connectivity index (χ0) is 21.1. The number of nitrogens with zero attached hydrogens (tertiary/aromatic N) is 1. The van der Waals surface area contributed by atoms with Crippen LogP contribution in [0.5, 0.6) is 0 Å². The lowest BCUT2D eigenvalue weighted by atomic mass is 10.1. The highest BCUT2D eigenvalue weighted by molar-refractivity contribution is 7.92. The van der Waals surface area contributed by atoms with Crippen LogP contribution in [0.25, 0.3) is 0 Å². The molecular weight excluding hydrogens is 380 g/mol. The summed E-state index contributed by atoms with van der Waals surface area (Å²) in [5, 5.41) is 0. The van der Waals surface area contributed by atoms with Gasteiger partial charge in [-0.25, -0.2) is 13.2 Å². The molecule has 2 rings (SSSR count). The summed E-state index contributed by atoms with van der Waals surface area (Å²) < 4.78 is 33.1. The van der Waals surface area contributed by atoms with Crippen LogP contribution in [-0.4, -0.2) is 45.4 Å². The summed E-state index contributed by atoms with van der Waals surface area (Å²) in [7, 11) is -0.779. The van der Waals surface area contributed by atoms with Gasteiger partial charge >= 0.3 is 5.97 Å². The lowest BCUT2D eigenvalue weighted by Crippen LogP contribution is -2.35. The Morgan fingerprint density at radius 1 is 1.07 bits per heavy atom. The number of hydrogen-bond donors (Lipinski definition) is 1. The van der Waals surface area contributed by atoms with Crippen molar-refractivity contribution in [1.29, 1.82) is 0 Å². The summed E-state index contributed by atoms with van der Waals surface area (Å²) in [4.78, 5) is 25.6. The van der Waals surface area contributed by atoms with Crippen LogP contribution >= 0.6 is 0 Å². The van der Waals surface area contributed by atoms with Crippen molar-refractivity contribution in [3.63, 3.8) is 0 Å². The summed E-state index contributed by atoms with van der Waals surface area (Å²) in [6, 6.07) is 11.1. The number of carbonyl (C=O) groups is 2. The molecule has 150 valence electrons. The Labute approximate surface area is 165 Å². The number of aryl methyl sites for hydroxylation is 2. The summed E-state index contributed by atoms with van der Waals surface area (Å²) in [5.41, 5.74) is 1.97. The number of rotatable bonds is 6. The van der Waals surface area contributed by atoms with Crippen molar-refractivity contribution in [2.24, 2.45) is 0 Å². The number of hydrogen-bond acceptors (Lipinski definition) is 5.